The fraction of sp³-hybridized carbons (Fsp3) is 0.846. The lowest BCUT2D eigenvalue weighted by Gasteiger charge is -2.22. The highest BCUT2D eigenvalue weighted by Crippen LogP contribution is 2.34. The zero-order chi connectivity index (χ0) is 17.7. The number of nitrogens with zero attached hydrogens (tertiary/aromatic N) is 4. The molecule has 0 atom stereocenters. The zero-order valence-electron chi connectivity index (χ0n) is 14.0. The summed E-state index contributed by atoms with van der Waals surface area (Å²) >= 11 is 0. The summed E-state index contributed by atoms with van der Waals surface area (Å²) in [4.78, 5) is 27.1. The summed E-state index contributed by atoms with van der Waals surface area (Å²) in [7, 11) is 4.74. The molecule has 10 heteroatoms. The standard InChI is InChI=1S/C13H24N4O4S2/c1-13(2,3)23-22-9-8-17(7-5-6-11(18)20-4)12(19)21-10-15-16-14/h5-10H2,1-4H3. The van der Waals surface area contributed by atoms with Gasteiger partial charge in [-0.15, -0.1) is 0 Å². The lowest BCUT2D eigenvalue weighted by Crippen LogP contribution is -2.34. The molecule has 0 spiro atoms. The van der Waals surface area contributed by atoms with Crippen LogP contribution in [0.4, 0.5) is 4.79 Å². The maximum absolute atomic E-state index is 11.9. The van der Waals surface area contributed by atoms with E-state index in [1.807, 2.05) is 0 Å². The molecule has 0 aliphatic rings. The third-order valence-corrected chi connectivity index (χ3v) is 5.68. The Balaban J connectivity index is 4.32. The minimum Gasteiger partial charge on any atom is -0.469 e. The van der Waals surface area contributed by atoms with Gasteiger partial charge in [0.1, 0.15) is 0 Å². The Hall–Kier alpha value is -1.25. The quantitative estimate of drug-likeness (QED) is 0.146. The number of amides is 1. The topological polar surface area (TPSA) is 105 Å². The lowest BCUT2D eigenvalue weighted by molar-refractivity contribution is -0.140. The van der Waals surface area contributed by atoms with Crippen molar-refractivity contribution in [1.29, 1.82) is 0 Å². The van der Waals surface area contributed by atoms with E-state index in [2.05, 4.69) is 35.5 Å². The van der Waals surface area contributed by atoms with Crippen LogP contribution < -0.4 is 0 Å². The number of esters is 1. The van der Waals surface area contributed by atoms with Crippen LogP contribution in [0.5, 0.6) is 0 Å². The molecule has 0 heterocycles. The highest BCUT2D eigenvalue weighted by molar-refractivity contribution is 8.77. The third-order valence-electron chi connectivity index (χ3n) is 2.36. The van der Waals surface area contributed by atoms with E-state index in [1.165, 1.54) is 12.0 Å². The largest absolute Gasteiger partial charge is 0.469 e. The molecule has 132 valence electrons. The molecule has 0 aliphatic heterocycles. The van der Waals surface area contributed by atoms with Crippen molar-refractivity contribution in [2.24, 2.45) is 5.11 Å². The van der Waals surface area contributed by atoms with Gasteiger partial charge in [-0.2, -0.15) is 0 Å². The predicted molar refractivity (Wildman–Crippen MR) is 93.1 cm³/mol. The Morgan fingerprint density at radius 1 is 1.30 bits per heavy atom. The number of methoxy groups -OCH3 is 1. The van der Waals surface area contributed by atoms with Gasteiger partial charge >= 0.3 is 12.1 Å². The molecule has 0 unspecified atom stereocenters. The van der Waals surface area contributed by atoms with Crippen LogP contribution in [0.3, 0.4) is 0 Å². The molecule has 23 heavy (non-hydrogen) atoms. The lowest BCUT2D eigenvalue weighted by atomic mass is 10.3. The number of ether oxygens (including phenoxy) is 2. The molecule has 0 N–H and O–H groups in total. The molecule has 0 rings (SSSR count). The Labute approximate surface area is 144 Å². The monoisotopic (exact) mass is 364 g/mol. The van der Waals surface area contributed by atoms with Crippen LogP contribution in [0.1, 0.15) is 33.6 Å². The smallest absolute Gasteiger partial charge is 0.409 e. The van der Waals surface area contributed by atoms with Gasteiger partial charge in [-0.25, -0.2) is 4.79 Å². The van der Waals surface area contributed by atoms with E-state index in [0.29, 0.717) is 19.5 Å². The first-order valence-electron chi connectivity index (χ1n) is 7.10. The van der Waals surface area contributed by atoms with Crippen molar-refractivity contribution in [2.75, 3.05) is 32.7 Å². The van der Waals surface area contributed by atoms with E-state index in [0.717, 1.165) is 5.75 Å². The Morgan fingerprint density at radius 3 is 2.57 bits per heavy atom. The van der Waals surface area contributed by atoms with Crippen molar-refractivity contribution in [1.82, 2.24) is 4.90 Å². The van der Waals surface area contributed by atoms with Crippen molar-refractivity contribution in [3.63, 3.8) is 0 Å². The van der Waals surface area contributed by atoms with E-state index in [4.69, 9.17) is 10.3 Å². The fourth-order valence-corrected chi connectivity index (χ4v) is 3.64. The van der Waals surface area contributed by atoms with Gasteiger partial charge in [0.25, 0.3) is 0 Å². The van der Waals surface area contributed by atoms with E-state index >= 15 is 0 Å². The second-order valence-corrected chi connectivity index (χ2v) is 8.70. The number of azide groups is 1. The van der Waals surface area contributed by atoms with Crippen molar-refractivity contribution < 1.29 is 19.1 Å². The molecule has 8 nitrogen and oxygen atoms in total. The minimum absolute atomic E-state index is 0.141. The molecular weight excluding hydrogens is 340 g/mol. The normalized spacial score (nSPS) is 10.6. The second kappa shape index (κ2) is 12.2. The number of rotatable bonds is 10. The molecule has 0 radical (unpaired) electrons. The number of carbonyl (C=O) groups is 2. The van der Waals surface area contributed by atoms with Crippen molar-refractivity contribution in [2.45, 2.75) is 38.4 Å². The van der Waals surface area contributed by atoms with Gasteiger partial charge in [-0.3, -0.25) is 4.79 Å². The van der Waals surface area contributed by atoms with E-state index in [1.54, 1.807) is 21.6 Å². The van der Waals surface area contributed by atoms with Gasteiger partial charge in [0, 0.05) is 34.9 Å². The SMILES string of the molecule is COC(=O)CCCN(CCSSC(C)(C)C)C(=O)OCN=[N+]=[N-]. The summed E-state index contributed by atoms with van der Waals surface area (Å²) in [6.07, 6.45) is 0.171. The molecular formula is C13H24N4O4S2. The number of hydrogen-bond acceptors (Lipinski definition) is 7. The highest BCUT2D eigenvalue weighted by atomic mass is 33.1. The average Bonchev–Trinajstić information content (AvgIpc) is 2.48. The molecule has 1 amide bonds. The number of carbonyl (C=O) groups excluding carboxylic acids is 2. The predicted octanol–water partition coefficient (Wildman–Crippen LogP) is 3.83. The Morgan fingerprint density at radius 2 is 2.00 bits per heavy atom. The second-order valence-electron chi connectivity index (χ2n) is 5.45. The first kappa shape index (κ1) is 21.8. The van der Waals surface area contributed by atoms with Gasteiger partial charge in [0.2, 0.25) is 0 Å². The third kappa shape index (κ3) is 12.9. The van der Waals surface area contributed by atoms with Crippen LogP contribution in [-0.2, 0) is 14.3 Å². The molecule has 0 bridgehead atoms. The molecule has 0 saturated heterocycles. The highest BCUT2D eigenvalue weighted by Gasteiger charge is 2.16. The molecule has 0 aliphatic carbocycles. The molecule has 0 fully saturated rings. The van der Waals surface area contributed by atoms with Gasteiger partial charge in [-0.05, 0) is 12.0 Å². The molecule has 0 aromatic heterocycles. The van der Waals surface area contributed by atoms with Crippen molar-refractivity contribution >= 4 is 33.7 Å². The van der Waals surface area contributed by atoms with E-state index in [9.17, 15) is 9.59 Å². The summed E-state index contributed by atoms with van der Waals surface area (Å²) in [6.45, 7) is 6.88. The molecule has 0 aromatic carbocycles. The van der Waals surface area contributed by atoms with Gasteiger partial charge in [0.05, 0.1) is 7.11 Å². The van der Waals surface area contributed by atoms with Crippen LogP contribution >= 0.6 is 21.6 Å². The summed E-state index contributed by atoms with van der Waals surface area (Å²) < 4.78 is 9.57. The van der Waals surface area contributed by atoms with Crippen LogP contribution in [0.25, 0.3) is 10.4 Å². The average molecular weight is 364 g/mol. The summed E-state index contributed by atoms with van der Waals surface area (Å²) in [5.41, 5.74) is 8.19. The van der Waals surface area contributed by atoms with Crippen molar-refractivity contribution in [3.05, 3.63) is 10.4 Å². The first-order valence-corrected chi connectivity index (χ1v) is 9.42. The summed E-state index contributed by atoms with van der Waals surface area (Å²) in [6, 6.07) is 0. The van der Waals surface area contributed by atoms with Crippen LogP contribution in [0.15, 0.2) is 5.11 Å². The zero-order valence-corrected chi connectivity index (χ0v) is 15.6. The molecule has 0 saturated carbocycles. The minimum atomic E-state index is -0.552. The first-order chi connectivity index (χ1) is 10.8. The van der Waals surface area contributed by atoms with Crippen LogP contribution in [0.2, 0.25) is 0 Å². The maximum Gasteiger partial charge on any atom is 0.409 e. The van der Waals surface area contributed by atoms with Gasteiger partial charge in [-0.1, -0.05) is 47.5 Å². The van der Waals surface area contributed by atoms with E-state index < -0.39 is 6.09 Å². The number of hydrogen-bond donors (Lipinski definition) is 0. The molecule has 0 aromatic rings. The van der Waals surface area contributed by atoms with Gasteiger partial charge < -0.3 is 14.4 Å². The Kier molecular flexibility index (Phi) is 11.5. The maximum atomic E-state index is 11.9. The van der Waals surface area contributed by atoms with Gasteiger partial charge in [0.15, 0.2) is 6.73 Å². The summed E-state index contributed by atoms with van der Waals surface area (Å²) in [5.74, 6) is 0.418. The van der Waals surface area contributed by atoms with Crippen LogP contribution in [-0.4, -0.2) is 54.4 Å². The van der Waals surface area contributed by atoms with Crippen molar-refractivity contribution in [3.8, 4) is 0 Å². The Bertz CT molecular complexity index is 423. The fourth-order valence-electron chi connectivity index (χ4n) is 1.38. The van der Waals surface area contributed by atoms with Crippen LogP contribution in [0, 0.1) is 0 Å². The summed E-state index contributed by atoms with van der Waals surface area (Å²) in [5, 5.41) is 3.17. The van der Waals surface area contributed by atoms with E-state index in [-0.39, 0.29) is 23.9 Å².